The summed E-state index contributed by atoms with van der Waals surface area (Å²) in [7, 11) is 0. The summed E-state index contributed by atoms with van der Waals surface area (Å²) in [5.74, 6) is 2.85. The van der Waals surface area contributed by atoms with Gasteiger partial charge in [-0.25, -0.2) is 15.0 Å². The van der Waals surface area contributed by atoms with Crippen molar-refractivity contribution < 1.29 is 14.4 Å². The number of imidazole rings is 3. The molecule has 15 rings (SSSR count). The first-order valence-corrected chi connectivity index (χ1v) is 30.6. The van der Waals surface area contributed by atoms with Crippen molar-refractivity contribution in [2.24, 2.45) is 0 Å². The Kier molecular flexibility index (Phi) is 16.1. The van der Waals surface area contributed by atoms with Crippen LogP contribution in [0.25, 0.3) is 83.0 Å². The van der Waals surface area contributed by atoms with Gasteiger partial charge in [0.1, 0.15) is 34.4 Å². The Morgan fingerprint density at radius 1 is 0.411 bits per heavy atom. The first kappa shape index (κ1) is 59.0. The molecule has 3 aromatic carbocycles. The lowest BCUT2D eigenvalue weighted by atomic mass is 9.97. The van der Waals surface area contributed by atoms with Crippen LogP contribution in [-0.4, -0.2) is 170 Å². The molecule has 0 bridgehead atoms. The van der Waals surface area contributed by atoms with Crippen LogP contribution in [0.4, 0.5) is 17.5 Å². The normalized spacial score (nSPS) is 14.6. The molecule has 21 nitrogen and oxygen atoms in total. The second-order valence-electron chi connectivity index (χ2n) is 22.5. The van der Waals surface area contributed by atoms with E-state index in [4.69, 9.17) is 34.8 Å². The van der Waals surface area contributed by atoms with E-state index in [0.717, 1.165) is 156 Å². The molecule has 3 amide bonds. The number of benzene rings is 3. The van der Waals surface area contributed by atoms with E-state index >= 15 is 0 Å². The Morgan fingerprint density at radius 2 is 0.678 bits per heavy atom. The summed E-state index contributed by atoms with van der Waals surface area (Å²) < 4.78 is 6.05. The molecule has 12 heterocycles. The van der Waals surface area contributed by atoms with Crippen LogP contribution in [0.15, 0.2) is 148 Å². The van der Waals surface area contributed by atoms with Crippen molar-refractivity contribution in [1.29, 1.82) is 0 Å². The van der Waals surface area contributed by atoms with Crippen LogP contribution in [0.1, 0.15) is 16.7 Å². The second-order valence-corrected chi connectivity index (χ2v) is 23.7. The molecule has 0 atom stereocenters. The zero-order valence-corrected chi connectivity index (χ0v) is 52.1. The smallest absolute Gasteiger partial charge is 0.246 e. The molecule has 3 aliphatic heterocycles. The van der Waals surface area contributed by atoms with Gasteiger partial charge < -0.3 is 29.4 Å². The van der Waals surface area contributed by atoms with Gasteiger partial charge in [0.2, 0.25) is 17.7 Å². The van der Waals surface area contributed by atoms with E-state index in [1.807, 2.05) is 120 Å². The average molecular weight is 1260 g/mol. The molecule has 456 valence electrons. The molecular formula is C66H63Cl3N18O3. The molecule has 0 aliphatic carbocycles. The molecule has 12 aromatic rings. The monoisotopic (exact) mass is 1260 g/mol. The molecular weight excluding hydrogens is 1200 g/mol. The van der Waals surface area contributed by atoms with Gasteiger partial charge in [0.05, 0.1) is 68.8 Å². The fourth-order valence-electron chi connectivity index (χ4n) is 12.5. The number of aromatic nitrogens is 12. The minimum absolute atomic E-state index is 0.0238. The van der Waals surface area contributed by atoms with Gasteiger partial charge in [-0.3, -0.25) is 42.9 Å². The first-order valence-electron chi connectivity index (χ1n) is 29.5. The van der Waals surface area contributed by atoms with Crippen LogP contribution < -0.4 is 14.7 Å². The number of H-pyrrole nitrogens is 3. The maximum atomic E-state index is 11.8. The molecule has 3 N–H and O–H groups in total. The van der Waals surface area contributed by atoms with Gasteiger partial charge in [-0.2, -0.15) is 15.3 Å². The predicted molar refractivity (Wildman–Crippen MR) is 357 cm³/mol. The standard InChI is InChI=1S/3C22H21ClN6O/c3*1-3-21(30)28-8-6-27(7-9-28)20-12-24-19-10-15(17(23)13-29(19)20)22-14(2)4-5-18-16(22)11-25-26-18/h3*3-5,10-13H,1,6-9H2,2H3,(H,25,26). The molecule has 3 aliphatic rings. The number of piperazine rings is 3. The fraction of sp³-hybridized carbons (Fsp3) is 0.227. The first-order chi connectivity index (χ1) is 43.7. The predicted octanol–water partition coefficient (Wildman–Crippen LogP) is 11.0. The Hall–Kier alpha value is -9.96. The maximum absolute atomic E-state index is 11.8. The number of anilines is 3. The van der Waals surface area contributed by atoms with Crippen molar-refractivity contribution in [2.75, 3.05) is 93.2 Å². The molecule has 0 saturated carbocycles. The number of pyridine rings is 3. The number of halogens is 3. The van der Waals surface area contributed by atoms with E-state index in [2.05, 4.69) is 119 Å². The van der Waals surface area contributed by atoms with E-state index in [-0.39, 0.29) is 17.7 Å². The lowest BCUT2D eigenvalue weighted by Crippen LogP contribution is -2.48. The van der Waals surface area contributed by atoms with Gasteiger partial charge >= 0.3 is 0 Å². The number of carbonyl (C=O) groups excluding carboxylic acids is 3. The van der Waals surface area contributed by atoms with Crippen molar-refractivity contribution in [1.82, 2.24) is 73.4 Å². The van der Waals surface area contributed by atoms with E-state index in [0.29, 0.717) is 54.3 Å². The SMILES string of the molecule is C=CC(=O)N1CCN(c2cnc3cc(-c4c(C)ccc5[nH]ncc45)c(Cl)cn23)CC1.C=CC(=O)N1CCN(c2cnc3cc(-c4c(C)ccc5[nH]ncc45)c(Cl)cn23)CC1.C=CC(=O)N1CCN(c2cnc3cc(-c4c(C)ccc5[nH]ncc45)c(Cl)cn23)CC1. The minimum atomic E-state index is -0.0238. The summed E-state index contributed by atoms with van der Waals surface area (Å²) in [6.45, 7) is 25.3. The highest BCUT2D eigenvalue weighted by atomic mass is 35.5. The Labute approximate surface area is 532 Å². The highest BCUT2D eigenvalue weighted by Crippen LogP contribution is 2.41. The van der Waals surface area contributed by atoms with Crippen LogP contribution in [0.5, 0.6) is 0 Å². The zero-order valence-electron chi connectivity index (χ0n) is 49.8. The summed E-state index contributed by atoms with van der Waals surface area (Å²) in [6.07, 6.45) is 21.0. The number of nitrogens with zero attached hydrogens (tertiary/aromatic N) is 15. The van der Waals surface area contributed by atoms with Crippen molar-refractivity contribution in [3.05, 3.63) is 180 Å². The summed E-state index contributed by atoms with van der Waals surface area (Å²) >= 11 is 20.3. The van der Waals surface area contributed by atoms with Gasteiger partial charge in [0, 0.05) is 130 Å². The highest BCUT2D eigenvalue weighted by molar-refractivity contribution is 6.35. The van der Waals surface area contributed by atoms with Crippen LogP contribution in [0.3, 0.4) is 0 Å². The molecule has 24 heteroatoms. The molecule has 3 saturated heterocycles. The van der Waals surface area contributed by atoms with Crippen molar-refractivity contribution in [3.8, 4) is 33.4 Å². The van der Waals surface area contributed by atoms with Crippen molar-refractivity contribution >= 4 is 120 Å². The number of carbonyl (C=O) groups is 3. The van der Waals surface area contributed by atoms with Gasteiger partial charge in [-0.15, -0.1) is 0 Å². The highest BCUT2D eigenvalue weighted by Gasteiger charge is 2.27. The van der Waals surface area contributed by atoms with Crippen molar-refractivity contribution in [3.63, 3.8) is 0 Å². The minimum Gasteiger partial charge on any atom is -0.353 e. The van der Waals surface area contributed by atoms with Crippen LogP contribution >= 0.6 is 34.8 Å². The number of fused-ring (bicyclic) bond motifs is 6. The van der Waals surface area contributed by atoms with Crippen LogP contribution in [-0.2, 0) is 14.4 Å². The van der Waals surface area contributed by atoms with E-state index < -0.39 is 0 Å². The molecule has 3 fully saturated rings. The second kappa shape index (κ2) is 24.5. The number of aryl methyl sites for hydroxylation is 3. The summed E-state index contributed by atoms with van der Waals surface area (Å²) in [5, 5.41) is 26.7. The van der Waals surface area contributed by atoms with Gasteiger partial charge in [-0.05, 0) is 109 Å². The van der Waals surface area contributed by atoms with Gasteiger partial charge in [0.25, 0.3) is 0 Å². The third-order valence-corrected chi connectivity index (χ3v) is 18.2. The Bertz CT molecular complexity index is 4320. The van der Waals surface area contributed by atoms with Crippen LogP contribution in [0, 0.1) is 20.8 Å². The van der Waals surface area contributed by atoms with E-state index in [1.165, 1.54) is 18.2 Å². The van der Waals surface area contributed by atoms with Gasteiger partial charge in [-0.1, -0.05) is 72.7 Å². The van der Waals surface area contributed by atoms with Crippen molar-refractivity contribution in [2.45, 2.75) is 20.8 Å². The molecule has 0 spiro atoms. The summed E-state index contributed by atoms with van der Waals surface area (Å²) in [4.78, 5) is 61.5. The average Bonchev–Trinajstić information content (AvgIpc) is 1.58. The molecule has 0 radical (unpaired) electrons. The van der Waals surface area contributed by atoms with E-state index in [9.17, 15) is 14.4 Å². The number of nitrogens with one attached hydrogen (secondary N) is 3. The Balaban J connectivity index is 0.000000124. The third kappa shape index (κ3) is 10.9. The lowest BCUT2D eigenvalue weighted by molar-refractivity contribution is -0.127. The molecule has 0 unspecified atom stereocenters. The number of amides is 3. The third-order valence-electron chi connectivity index (χ3n) is 17.3. The maximum Gasteiger partial charge on any atom is 0.246 e. The number of hydrogen-bond donors (Lipinski definition) is 3. The largest absolute Gasteiger partial charge is 0.353 e. The van der Waals surface area contributed by atoms with Gasteiger partial charge in [0.15, 0.2) is 0 Å². The summed E-state index contributed by atoms with van der Waals surface area (Å²) in [5.41, 5.74) is 14.8. The Morgan fingerprint density at radius 3 is 0.933 bits per heavy atom. The van der Waals surface area contributed by atoms with Crippen LogP contribution in [0.2, 0.25) is 15.1 Å². The molecule has 9 aromatic heterocycles. The molecule has 90 heavy (non-hydrogen) atoms. The topological polar surface area (TPSA) is 209 Å². The zero-order chi connectivity index (χ0) is 62.5. The summed E-state index contributed by atoms with van der Waals surface area (Å²) in [6, 6.07) is 18.4. The van der Waals surface area contributed by atoms with E-state index in [1.54, 1.807) is 0 Å². The number of rotatable bonds is 9. The quantitative estimate of drug-likeness (QED) is 0.115. The number of aromatic amines is 3. The number of hydrogen-bond acceptors (Lipinski definition) is 12. The lowest BCUT2D eigenvalue weighted by Gasteiger charge is -2.35. The fourth-order valence-corrected chi connectivity index (χ4v) is 13.3.